The number of benzene rings is 1. The Hall–Kier alpha value is -2.34. The van der Waals surface area contributed by atoms with Crippen LogP contribution in [0.1, 0.15) is 48.2 Å². The molecule has 0 atom stereocenters. The zero-order valence-corrected chi connectivity index (χ0v) is 17.3. The molecule has 0 radical (unpaired) electrons. The lowest BCUT2D eigenvalue weighted by molar-refractivity contribution is -0.113. The highest BCUT2D eigenvalue weighted by atomic mass is 32.2. The van der Waals surface area contributed by atoms with Gasteiger partial charge < -0.3 is 10.2 Å². The van der Waals surface area contributed by atoms with Gasteiger partial charge in [0.1, 0.15) is 0 Å². The highest BCUT2D eigenvalue weighted by molar-refractivity contribution is 7.99. The van der Waals surface area contributed by atoms with E-state index in [4.69, 9.17) is 0 Å². The molecule has 0 aliphatic carbocycles. The molecule has 1 aliphatic heterocycles. The van der Waals surface area contributed by atoms with Crippen LogP contribution >= 0.6 is 11.8 Å². The standard InChI is InChI=1S/C22H27N3O2S/c1-3-16-8-7-9-17(4-2)21(16)24-19(26)15-28-20-11-10-18(14-23-20)22(27)25-12-5-6-13-25/h7-11,14H,3-6,12-13,15H2,1-2H3,(H,24,26). The van der Waals surface area contributed by atoms with Gasteiger partial charge in [0.2, 0.25) is 5.91 Å². The van der Waals surface area contributed by atoms with Crippen LogP contribution in [0.3, 0.4) is 0 Å². The van der Waals surface area contributed by atoms with E-state index in [9.17, 15) is 9.59 Å². The number of hydrogen-bond donors (Lipinski definition) is 1. The molecule has 3 rings (SSSR count). The molecule has 28 heavy (non-hydrogen) atoms. The summed E-state index contributed by atoms with van der Waals surface area (Å²) in [7, 11) is 0. The maximum atomic E-state index is 12.5. The molecule has 2 heterocycles. The largest absolute Gasteiger partial charge is 0.339 e. The lowest BCUT2D eigenvalue weighted by atomic mass is 10.0. The van der Waals surface area contributed by atoms with Crippen LogP contribution in [0.15, 0.2) is 41.6 Å². The van der Waals surface area contributed by atoms with Crippen LogP contribution in [0.5, 0.6) is 0 Å². The van der Waals surface area contributed by atoms with E-state index in [0.717, 1.165) is 60.6 Å². The van der Waals surface area contributed by atoms with Gasteiger partial charge in [0.15, 0.2) is 0 Å². The van der Waals surface area contributed by atoms with Crippen molar-refractivity contribution in [2.24, 2.45) is 0 Å². The maximum absolute atomic E-state index is 12.5. The van der Waals surface area contributed by atoms with E-state index < -0.39 is 0 Å². The number of pyridine rings is 1. The SMILES string of the molecule is CCc1cccc(CC)c1NC(=O)CSc1ccc(C(=O)N2CCCC2)cn1. The van der Waals surface area contributed by atoms with Crippen molar-refractivity contribution in [1.82, 2.24) is 9.88 Å². The van der Waals surface area contributed by atoms with Gasteiger partial charge in [-0.05, 0) is 48.9 Å². The van der Waals surface area contributed by atoms with Crippen molar-refractivity contribution in [2.75, 3.05) is 24.2 Å². The first-order valence-electron chi connectivity index (χ1n) is 9.91. The highest BCUT2D eigenvalue weighted by Gasteiger charge is 2.19. The Morgan fingerprint density at radius 2 is 1.75 bits per heavy atom. The first-order chi connectivity index (χ1) is 13.6. The fourth-order valence-corrected chi connectivity index (χ4v) is 4.06. The third-order valence-electron chi connectivity index (χ3n) is 4.99. The summed E-state index contributed by atoms with van der Waals surface area (Å²) in [4.78, 5) is 31.0. The van der Waals surface area contributed by atoms with Crippen molar-refractivity contribution in [3.63, 3.8) is 0 Å². The molecule has 1 fully saturated rings. The Bertz CT molecular complexity index is 808. The number of anilines is 1. The number of carbonyl (C=O) groups excluding carboxylic acids is 2. The number of nitrogens with one attached hydrogen (secondary N) is 1. The molecule has 2 aromatic rings. The number of rotatable bonds is 7. The van der Waals surface area contributed by atoms with E-state index in [-0.39, 0.29) is 17.6 Å². The molecule has 148 valence electrons. The lowest BCUT2D eigenvalue weighted by Crippen LogP contribution is -2.27. The molecule has 0 spiro atoms. The number of amides is 2. The van der Waals surface area contributed by atoms with Gasteiger partial charge in [-0.3, -0.25) is 9.59 Å². The van der Waals surface area contributed by atoms with Gasteiger partial charge in [-0.1, -0.05) is 43.8 Å². The second kappa shape index (κ2) is 9.73. The fraction of sp³-hybridized carbons (Fsp3) is 0.409. The summed E-state index contributed by atoms with van der Waals surface area (Å²) < 4.78 is 0. The van der Waals surface area contributed by atoms with Gasteiger partial charge in [-0.2, -0.15) is 0 Å². The third kappa shape index (κ3) is 4.93. The highest BCUT2D eigenvalue weighted by Crippen LogP contribution is 2.24. The number of carbonyl (C=O) groups is 2. The molecular weight excluding hydrogens is 370 g/mol. The quantitative estimate of drug-likeness (QED) is 0.712. The predicted molar refractivity (Wildman–Crippen MR) is 114 cm³/mol. The minimum Gasteiger partial charge on any atom is -0.339 e. The molecule has 6 heteroatoms. The van der Waals surface area contributed by atoms with E-state index in [0.29, 0.717) is 5.56 Å². The number of para-hydroxylation sites is 1. The second-order valence-electron chi connectivity index (χ2n) is 6.88. The molecule has 0 unspecified atom stereocenters. The molecule has 1 N–H and O–H groups in total. The molecule has 1 aromatic heterocycles. The Kier molecular flexibility index (Phi) is 7.09. The summed E-state index contributed by atoms with van der Waals surface area (Å²) in [5.41, 5.74) is 3.86. The summed E-state index contributed by atoms with van der Waals surface area (Å²) in [6.07, 6.45) is 5.52. The normalized spacial score (nSPS) is 13.6. The summed E-state index contributed by atoms with van der Waals surface area (Å²) in [5, 5.41) is 3.81. The van der Waals surface area contributed by atoms with E-state index in [2.05, 4.69) is 36.3 Å². The molecule has 1 aliphatic rings. The first-order valence-corrected chi connectivity index (χ1v) is 10.9. The molecule has 5 nitrogen and oxygen atoms in total. The van der Waals surface area contributed by atoms with E-state index in [1.54, 1.807) is 12.3 Å². The molecule has 1 aromatic carbocycles. The van der Waals surface area contributed by atoms with Crippen molar-refractivity contribution in [1.29, 1.82) is 0 Å². The van der Waals surface area contributed by atoms with E-state index in [1.165, 1.54) is 11.8 Å². The minimum atomic E-state index is -0.0420. The smallest absolute Gasteiger partial charge is 0.255 e. The van der Waals surface area contributed by atoms with Gasteiger partial charge in [0, 0.05) is 25.0 Å². The molecule has 1 saturated heterocycles. The number of hydrogen-bond acceptors (Lipinski definition) is 4. The van der Waals surface area contributed by atoms with Crippen LogP contribution in [0.2, 0.25) is 0 Å². The van der Waals surface area contributed by atoms with Crippen molar-refractivity contribution in [3.8, 4) is 0 Å². The minimum absolute atomic E-state index is 0.0420. The summed E-state index contributed by atoms with van der Waals surface area (Å²) in [6, 6.07) is 9.77. The molecule has 2 amide bonds. The van der Waals surface area contributed by atoms with E-state index in [1.807, 2.05) is 17.0 Å². The Labute approximate surface area is 170 Å². The summed E-state index contributed by atoms with van der Waals surface area (Å²) in [6.45, 7) is 5.84. The summed E-state index contributed by atoms with van der Waals surface area (Å²) in [5.74, 6) is 0.287. The lowest BCUT2D eigenvalue weighted by Gasteiger charge is -2.15. The number of nitrogens with zero attached hydrogens (tertiary/aromatic N) is 2. The van der Waals surface area contributed by atoms with Crippen LogP contribution in [0.25, 0.3) is 0 Å². The average Bonchev–Trinajstić information content (AvgIpc) is 3.27. The molecular formula is C22H27N3O2S. The molecule has 0 saturated carbocycles. The van der Waals surface area contributed by atoms with Gasteiger partial charge in [-0.25, -0.2) is 4.98 Å². The van der Waals surface area contributed by atoms with Crippen LogP contribution in [0.4, 0.5) is 5.69 Å². The maximum Gasteiger partial charge on any atom is 0.255 e. The topological polar surface area (TPSA) is 62.3 Å². The third-order valence-corrected chi connectivity index (χ3v) is 5.93. The first kappa shape index (κ1) is 20.4. The van der Waals surface area contributed by atoms with Crippen molar-refractivity contribution < 1.29 is 9.59 Å². The Morgan fingerprint density at radius 1 is 1.07 bits per heavy atom. The number of likely N-dealkylation sites (tertiary alicyclic amines) is 1. The van der Waals surface area contributed by atoms with Gasteiger partial charge in [0.05, 0.1) is 16.3 Å². The Morgan fingerprint density at radius 3 is 2.32 bits per heavy atom. The van der Waals surface area contributed by atoms with Crippen LogP contribution < -0.4 is 5.32 Å². The van der Waals surface area contributed by atoms with Gasteiger partial charge in [-0.15, -0.1) is 0 Å². The monoisotopic (exact) mass is 397 g/mol. The van der Waals surface area contributed by atoms with Crippen LogP contribution in [-0.4, -0.2) is 40.5 Å². The zero-order chi connectivity index (χ0) is 19.9. The van der Waals surface area contributed by atoms with Crippen molar-refractivity contribution >= 4 is 29.3 Å². The Balaban J connectivity index is 1.57. The fourth-order valence-electron chi connectivity index (χ4n) is 3.41. The average molecular weight is 398 g/mol. The predicted octanol–water partition coefficient (Wildman–Crippen LogP) is 4.17. The number of aryl methyl sites for hydroxylation is 2. The van der Waals surface area contributed by atoms with Crippen molar-refractivity contribution in [2.45, 2.75) is 44.6 Å². The van der Waals surface area contributed by atoms with Gasteiger partial charge in [0.25, 0.3) is 5.91 Å². The summed E-state index contributed by atoms with van der Waals surface area (Å²) >= 11 is 1.38. The van der Waals surface area contributed by atoms with Crippen LogP contribution in [0, 0.1) is 0 Å². The zero-order valence-electron chi connectivity index (χ0n) is 16.5. The van der Waals surface area contributed by atoms with Crippen LogP contribution in [-0.2, 0) is 17.6 Å². The second-order valence-corrected chi connectivity index (χ2v) is 7.88. The van der Waals surface area contributed by atoms with Crippen molar-refractivity contribution in [3.05, 3.63) is 53.2 Å². The molecule has 0 bridgehead atoms. The number of thioether (sulfide) groups is 1. The van der Waals surface area contributed by atoms with Gasteiger partial charge >= 0.3 is 0 Å². The number of aromatic nitrogens is 1. The van der Waals surface area contributed by atoms with E-state index >= 15 is 0 Å².